The first kappa shape index (κ1) is 16.8. The van der Waals surface area contributed by atoms with Crippen LogP contribution >= 0.6 is 0 Å². The summed E-state index contributed by atoms with van der Waals surface area (Å²) in [4.78, 5) is 25.1. The molecule has 1 aromatic heterocycles. The van der Waals surface area contributed by atoms with Crippen molar-refractivity contribution in [3.05, 3.63) is 36.2 Å². The standard InChI is InChI=1S/C16H20N4O3S/c1-24(22,23)11-10-19-6-8-20(9-7-19)16(21)15-12-17-13-4-2-3-5-14(13)18-15/h2-5,12H,6-11H2,1H3. The van der Waals surface area contributed by atoms with Gasteiger partial charge in [0.1, 0.15) is 15.5 Å². The summed E-state index contributed by atoms with van der Waals surface area (Å²) in [7, 11) is -2.96. The molecule has 0 bridgehead atoms. The van der Waals surface area contributed by atoms with Crippen molar-refractivity contribution in [2.75, 3.05) is 44.7 Å². The van der Waals surface area contributed by atoms with E-state index in [-0.39, 0.29) is 11.7 Å². The molecular weight excluding hydrogens is 328 g/mol. The molecule has 0 spiro atoms. The first-order valence-corrected chi connectivity index (χ1v) is 9.89. The van der Waals surface area contributed by atoms with E-state index in [0.717, 1.165) is 5.52 Å². The van der Waals surface area contributed by atoms with Crippen LogP contribution in [0.15, 0.2) is 30.5 Å². The number of carbonyl (C=O) groups is 1. The van der Waals surface area contributed by atoms with E-state index in [1.165, 1.54) is 12.5 Å². The Hall–Kier alpha value is -2.06. The van der Waals surface area contributed by atoms with Gasteiger partial charge < -0.3 is 4.90 Å². The zero-order valence-corrected chi connectivity index (χ0v) is 14.4. The molecule has 3 rings (SSSR count). The fourth-order valence-corrected chi connectivity index (χ4v) is 3.28. The largest absolute Gasteiger partial charge is 0.335 e. The average Bonchev–Trinajstić information content (AvgIpc) is 2.59. The van der Waals surface area contributed by atoms with Gasteiger partial charge in [0.15, 0.2) is 0 Å². The molecule has 0 N–H and O–H groups in total. The molecule has 128 valence electrons. The summed E-state index contributed by atoms with van der Waals surface area (Å²) in [5.41, 5.74) is 1.81. The van der Waals surface area contributed by atoms with Crippen molar-refractivity contribution < 1.29 is 13.2 Å². The molecule has 1 amide bonds. The third-order valence-corrected chi connectivity index (χ3v) is 5.03. The summed E-state index contributed by atoms with van der Waals surface area (Å²) < 4.78 is 22.5. The fourth-order valence-electron chi connectivity index (χ4n) is 2.69. The van der Waals surface area contributed by atoms with E-state index < -0.39 is 9.84 Å². The van der Waals surface area contributed by atoms with Crippen molar-refractivity contribution >= 4 is 26.8 Å². The van der Waals surface area contributed by atoms with Crippen LogP contribution in [0.25, 0.3) is 11.0 Å². The number of amides is 1. The molecule has 1 aliphatic heterocycles. The Kier molecular flexibility index (Phi) is 4.77. The van der Waals surface area contributed by atoms with E-state index in [0.29, 0.717) is 43.9 Å². The lowest BCUT2D eigenvalue weighted by molar-refractivity contribution is 0.0638. The van der Waals surface area contributed by atoms with Crippen molar-refractivity contribution in [3.8, 4) is 0 Å². The molecule has 24 heavy (non-hydrogen) atoms. The van der Waals surface area contributed by atoms with Crippen molar-refractivity contribution in [2.24, 2.45) is 0 Å². The summed E-state index contributed by atoms with van der Waals surface area (Å²) >= 11 is 0. The first-order chi connectivity index (χ1) is 11.4. The average molecular weight is 348 g/mol. The predicted octanol–water partition coefficient (Wildman–Crippen LogP) is 0.432. The van der Waals surface area contributed by atoms with Crippen LogP contribution in [0, 0.1) is 0 Å². The molecule has 0 atom stereocenters. The SMILES string of the molecule is CS(=O)(=O)CCN1CCN(C(=O)c2cnc3ccccc3n2)CC1. The topological polar surface area (TPSA) is 83.5 Å². The van der Waals surface area contributed by atoms with Crippen LogP contribution in [-0.4, -0.2) is 78.8 Å². The summed E-state index contributed by atoms with van der Waals surface area (Å²) in [6.45, 7) is 2.98. The van der Waals surface area contributed by atoms with E-state index in [1.807, 2.05) is 24.3 Å². The number of para-hydroxylation sites is 2. The van der Waals surface area contributed by atoms with Crippen molar-refractivity contribution in [1.82, 2.24) is 19.8 Å². The Balaban J connectivity index is 1.62. The minimum absolute atomic E-state index is 0.129. The highest BCUT2D eigenvalue weighted by Gasteiger charge is 2.23. The van der Waals surface area contributed by atoms with Crippen LogP contribution in [0.2, 0.25) is 0 Å². The maximum atomic E-state index is 12.6. The van der Waals surface area contributed by atoms with Crippen LogP contribution in [0.3, 0.4) is 0 Å². The number of sulfone groups is 1. The van der Waals surface area contributed by atoms with Crippen LogP contribution in [-0.2, 0) is 9.84 Å². The van der Waals surface area contributed by atoms with E-state index in [4.69, 9.17) is 0 Å². The number of aromatic nitrogens is 2. The second-order valence-electron chi connectivity index (χ2n) is 6.01. The van der Waals surface area contributed by atoms with Crippen LogP contribution in [0.5, 0.6) is 0 Å². The molecule has 0 unspecified atom stereocenters. The third-order valence-electron chi connectivity index (χ3n) is 4.11. The Bertz CT molecular complexity index is 845. The van der Waals surface area contributed by atoms with Gasteiger partial charge in [0.2, 0.25) is 0 Å². The van der Waals surface area contributed by atoms with E-state index in [2.05, 4.69) is 14.9 Å². The Morgan fingerprint density at radius 1 is 1.12 bits per heavy atom. The van der Waals surface area contributed by atoms with Gasteiger partial charge in [-0.25, -0.2) is 13.4 Å². The van der Waals surface area contributed by atoms with Gasteiger partial charge in [-0.1, -0.05) is 12.1 Å². The van der Waals surface area contributed by atoms with Crippen molar-refractivity contribution in [1.29, 1.82) is 0 Å². The van der Waals surface area contributed by atoms with E-state index in [9.17, 15) is 13.2 Å². The van der Waals surface area contributed by atoms with Gasteiger partial charge in [-0.15, -0.1) is 0 Å². The van der Waals surface area contributed by atoms with Gasteiger partial charge in [-0.05, 0) is 12.1 Å². The molecule has 0 aliphatic carbocycles. The number of fused-ring (bicyclic) bond motifs is 1. The predicted molar refractivity (Wildman–Crippen MR) is 91.6 cm³/mol. The van der Waals surface area contributed by atoms with Crippen LogP contribution < -0.4 is 0 Å². The lowest BCUT2D eigenvalue weighted by atomic mass is 10.2. The molecule has 2 heterocycles. The Morgan fingerprint density at radius 3 is 2.46 bits per heavy atom. The zero-order valence-electron chi connectivity index (χ0n) is 13.6. The second-order valence-corrected chi connectivity index (χ2v) is 8.27. The first-order valence-electron chi connectivity index (χ1n) is 7.83. The molecular formula is C16H20N4O3S. The zero-order chi connectivity index (χ0) is 17.2. The van der Waals surface area contributed by atoms with Crippen LogP contribution in [0.4, 0.5) is 0 Å². The lowest BCUT2D eigenvalue weighted by Gasteiger charge is -2.34. The quantitative estimate of drug-likeness (QED) is 0.797. The molecule has 0 radical (unpaired) electrons. The Morgan fingerprint density at radius 2 is 1.79 bits per heavy atom. The lowest BCUT2D eigenvalue weighted by Crippen LogP contribution is -2.49. The summed E-state index contributed by atoms with van der Waals surface area (Å²) in [6, 6.07) is 7.44. The number of piperazine rings is 1. The van der Waals surface area contributed by atoms with Crippen molar-refractivity contribution in [3.63, 3.8) is 0 Å². The van der Waals surface area contributed by atoms with Crippen molar-refractivity contribution in [2.45, 2.75) is 0 Å². The summed E-state index contributed by atoms with van der Waals surface area (Å²) in [5, 5.41) is 0. The van der Waals surface area contributed by atoms with Gasteiger partial charge in [-0.2, -0.15) is 0 Å². The third kappa shape index (κ3) is 4.07. The molecule has 1 aliphatic rings. The van der Waals surface area contributed by atoms with Crippen LogP contribution in [0.1, 0.15) is 10.5 Å². The number of hydrogen-bond acceptors (Lipinski definition) is 6. The number of benzene rings is 1. The number of rotatable bonds is 4. The highest BCUT2D eigenvalue weighted by molar-refractivity contribution is 7.90. The number of carbonyl (C=O) groups excluding carboxylic acids is 1. The molecule has 0 saturated carbocycles. The minimum atomic E-state index is -2.96. The van der Waals surface area contributed by atoms with Gasteiger partial charge in [0, 0.05) is 39.0 Å². The second kappa shape index (κ2) is 6.82. The van der Waals surface area contributed by atoms with Gasteiger partial charge in [0.05, 0.1) is 23.0 Å². The fraction of sp³-hybridized carbons (Fsp3) is 0.438. The Labute approximate surface area is 141 Å². The normalized spacial score (nSPS) is 16.5. The minimum Gasteiger partial charge on any atom is -0.335 e. The maximum Gasteiger partial charge on any atom is 0.274 e. The van der Waals surface area contributed by atoms with Gasteiger partial charge in [0.25, 0.3) is 5.91 Å². The summed E-state index contributed by atoms with van der Waals surface area (Å²) in [5.74, 6) is 0.0212. The molecule has 8 heteroatoms. The number of nitrogens with zero attached hydrogens (tertiary/aromatic N) is 4. The highest BCUT2D eigenvalue weighted by Crippen LogP contribution is 2.11. The number of hydrogen-bond donors (Lipinski definition) is 0. The molecule has 1 fully saturated rings. The maximum absolute atomic E-state index is 12.6. The molecule has 1 saturated heterocycles. The highest BCUT2D eigenvalue weighted by atomic mass is 32.2. The van der Waals surface area contributed by atoms with Gasteiger partial charge >= 0.3 is 0 Å². The molecule has 1 aromatic carbocycles. The monoisotopic (exact) mass is 348 g/mol. The summed E-state index contributed by atoms with van der Waals surface area (Å²) in [6.07, 6.45) is 2.76. The molecule has 2 aromatic rings. The van der Waals surface area contributed by atoms with E-state index >= 15 is 0 Å². The smallest absolute Gasteiger partial charge is 0.274 e. The van der Waals surface area contributed by atoms with Gasteiger partial charge in [-0.3, -0.25) is 14.7 Å². The van der Waals surface area contributed by atoms with E-state index in [1.54, 1.807) is 4.90 Å². The molecule has 7 nitrogen and oxygen atoms in total.